The Hall–Kier alpha value is -0.160. The highest BCUT2D eigenvalue weighted by atomic mass is 16.6. The van der Waals surface area contributed by atoms with Gasteiger partial charge in [0.1, 0.15) is 0 Å². The lowest BCUT2D eigenvalue weighted by atomic mass is 10.2. The quantitative estimate of drug-likeness (QED) is 0.422. The van der Waals surface area contributed by atoms with Crippen molar-refractivity contribution in [3.8, 4) is 0 Å². The van der Waals surface area contributed by atoms with Crippen LogP contribution < -0.4 is 11.2 Å². The zero-order valence-corrected chi connectivity index (χ0v) is 7.95. The van der Waals surface area contributed by atoms with Gasteiger partial charge in [0.2, 0.25) is 0 Å². The number of rotatable bonds is 8. The molecule has 0 rings (SSSR count). The van der Waals surface area contributed by atoms with E-state index < -0.39 is 0 Å². The topological polar surface area (TPSA) is 58.6 Å². The zero-order chi connectivity index (χ0) is 9.23. The van der Waals surface area contributed by atoms with Crippen LogP contribution in [0.1, 0.15) is 13.8 Å². The smallest absolute Gasteiger partial charge is 0.0825 e. The van der Waals surface area contributed by atoms with E-state index >= 15 is 0 Å². The fourth-order valence-electron chi connectivity index (χ4n) is 0.603. The molecule has 0 saturated heterocycles. The summed E-state index contributed by atoms with van der Waals surface area (Å²) in [6.45, 7) is 7.23. The third-order valence-corrected chi connectivity index (χ3v) is 1.08. The molecule has 0 aliphatic carbocycles. The highest BCUT2D eigenvalue weighted by Crippen LogP contribution is 1.90. The van der Waals surface area contributed by atoms with E-state index in [9.17, 15) is 0 Å². The van der Waals surface area contributed by atoms with Crippen molar-refractivity contribution in [1.29, 1.82) is 0 Å². The number of ether oxygens (including phenoxy) is 1. The second kappa shape index (κ2) is 8.93. The summed E-state index contributed by atoms with van der Waals surface area (Å²) in [6.07, 6.45) is 0. The second-order valence-corrected chi connectivity index (χ2v) is 2.94. The fourth-order valence-corrected chi connectivity index (χ4v) is 0.603. The van der Waals surface area contributed by atoms with Gasteiger partial charge in [-0.1, -0.05) is 19.3 Å². The molecule has 73 valence electrons. The van der Waals surface area contributed by atoms with Crippen LogP contribution in [0.3, 0.4) is 0 Å². The molecule has 0 unspecified atom stereocenters. The number of hydrogen-bond acceptors (Lipinski definition) is 3. The Balaban J connectivity index is 2.82. The van der Waals surface area contributed by atoms with Gasteiger partial charge in [-0.15, -0.1) is 0 Å². The number of hydrogen-bond donors (Lipinski definition) is 1. The van der Waals surface area contributed by atoms with Crippen LogP contribution in [-0.2, 0) is 9.57 Å². The molecule has 0 heterocycles. The van der Waals surface area contributed by atoms with Gasteiger partial charge in [0.05, 0.1) is 19.8 Å². The highest BCUT2D eigenvalue weighted by Gasteiger charge is 1.93. The van der Waals surface area contributed by atoms with E-state index in [4.69, 9.17) is 15.3 Å². The minimum absolute atomic E-state index is 0.490. The molecule has 0 aromatic rings. The van der Waals surface area contributed by atoms with E-state index in [0.717, 1.165) is 6.61 Å². The molecule has 0 spiro atoms. The molecule has 0 saturated carbocycles. The largest absolute Gasteiger partial charge is 0.380 e. The summed E-state index contributed by atoms with van der Waals surface area (Å²) in [6, 6.07) is 0. The molecule has 4 heteroatoms. The monoisotopic (exact) mass is 175 g/mol. The summed E-state index contributed by atoms with van der Waals surface area (Å²) in [7, 11) is 0. The van der Waals surface area contributed by atoms with Crippen LogP contribution in [0.2, 0.25) is 0 Å². The molecule has 1 radical (unpaired) electrons. The Morgan fingerprint density at radius 1 is 1.33 bits per heavy atom. The predicted molar refractivity (Wildman–Crippen MR) is 47.7 cm³/mol. The van der Waals surface area contributed by atoms with E-state index in [1.807, 2.05) is 0 Å². The maximum atomic E-state index is 5.27. The molecule has 0 aromatic carbocycles. The Morgan fingerprint density at radius 2 is 2.08 bits per heavy atom. The van der Waals surface area contributed by atoms with Gasteiger partial charge in [-0.2, -0.15) is 0 Å². The molecular formula is C8H19N2O2. The Labute approximate surface area is 74.4 Å². The first-order valence-corrected chi connectivity index (χ1v) is 4.34. The first-order chi connectivity index (χ1) is 5.77. The summed E-state index contributed by atoms with van der Waals surface area (Å²) in [4.78, 5) is 4.81. The third-order valence-electron chi connectivity index (χ3n) is 1.08. The van der Waals surface area contributed by atoms with Gasteiger partial charge in [0.15, 0.2) is 0 Å². The van der Waals surface area contributed by atoms with E-state index in [2.05, 4.69) is 19.3 Å². The van der Waals surface area contributed by atoms with Gasteiger partial charge >= 0.3 is 0 Å². The van der Waals surface area contributed by atoms with Gasteiger partial charge in [0.25, 0.3) is 0 Å². The normalized spacial score (nSPS) is 11.0. The summed E-state index contributed by atoms with van der Waals surface area (Å²) in [5, 5.41) is 0. The van der Waals surface area contributed by atoms with Crippen molar-refractivity contribution in [2.24, 2.45) is 11.7 Å². The van der Waals surface area contributed by atoms with Crippen molar-refractivity contribution < 1.29 is 9.57 Å². The lowest BCUT2D eigenvalue weighted by Gasteiger charge is -2.05. The van der Waals surface area contributed by atoms with Crippen LogP contribution >= 0.6 is 0 Å². The molecule has 0 bridgehead atoms. The molecule has 0 aliphatic heterocycles. The van der Waals surface area contributed by atoms with Crippen molar-refractivity contribution in [3.63, 3.8) is 0 Å². The Kier molecular flexibility index (Phi) is 8.81. The molecule has 0 atom stereocenters. The van der Waals surface area contributed by atoms with Gasteiger partial charge in [-0.05, 0) is 5.92 Å². The first-order valence-electron chi connectivity index (χ1n) is 4.34. The van der Waals surface area contributed by atoms with Crippen molar-refractivity contribution >= 4 is 0 Å². The van der Waals surface area contributed by atoms with Crippen LogP contribution in [0.4, 0.5) is 0 Å². The van der Waals surface area contributed by atoms with Gasteiger partial charge in [0, 0.05) is 13.2 Å². The number of nitrogens with two attached hydrogens (primary N) is 1. The van der Waals surface area contributed by atoms with Gasteiger partial charge < -0.3 is 10.5 Å². The van der Waals surface area contributed by atoms with Gasteiger partial charge in [-0.3, -0.25) is 4.84 Å². The maximum absolute atomic E-state index is 5.27. The second-order valence-electron chi connectivity index (χ2n) is 2.94. The van der Waals surface area contributed by atoms with Crippen LogP contribution in [0.25, 0.3) is 0 Å². The molecule has 0 fully saturated rings. The lowest BCUT2D eigenvalue weighted by Crippen LogP contribution is -2.18. The molecule has 4 nitrogen and oxygen atoms in total. The first kappa shape index (κ1) is 11.8. The van der Waals surface area contributed by atoms with Gasteiger partial charge in [-0.25, -0.2) is 0 Å². The lowest BCUT2D eigenvalue weighted by molar-refractivity contribution is 0.0139. The summed E-state index contributed by atoms with van der Waals surface area (Å²) >= 11 is 0. The van der Waals surface area contributed by atoms with E-state index in [1.165, 1.54) is 0 Å². The van der Waals surface area contributed by atoms with Crippen molar-refractivity contribution in [2.75, 3.05) is 32.9 Å². The van der Waals surface area contributed by atoms with Crippen LogP contribution in [-0.4, -0.2) is 32.9 Å². The van der Waals surface area contributed by atoms with Crippen molar-refractivity contribution in [1.82, 2.24) is 5.48 Å². The summed E-state index contributed by atoms with van der Waals surface area (Å²) < 4.78 is 5.27. The molecular weight excluding hydrogens is 156 g/mol. The summed E-state index contributed by atoms with van der Waals surface area (Å²) in [5.41, 5.74) is 8.95. The predicted octanol–water partition coefficient (Wildman–Crippen LogP) is 0.154. The number of hydroxylamine groups is 1. The standard InChI is InChI=1S/C8H19N2O2/c1-8(2)7-11-6-4-10-12-5-3-9/h8H,3-7,9H2,1-2H3. The molecule has 12 heavy (non-hydrogen) atoms. The minimum atomic E-state index is 0.490. The van der Waals surface area contributed by atoms with Crippen LogP contribution in [0.5, 0.6) is 0 Å². The average Bonchev–Trinajstić information content (AvgIpc) is 2.02. The highest BCUT2D eigenvalue weighted by molar-refractivity contribution is 4.40. The minimum Gasteiger partial charge on any atom is -0.380 e. The van der Waals surface area contributed by atoms with Crippen molar-refractivity contribution in [3.05, 3.63) is 0 Å². The maximum Gasteiger partial charge on any atom is 0.0825 e. The third kappa shape index (κ3) is 9.84. The molecule has 0 aromatic heterocycles. The fraction of sp³-hybridized carbons (Fsp3) is 1.00. The number of nitrogens with zero attached hydrogens (tertiary/aromatic N) is 1. The Morgan fingerprint density at radius 3 is 2.67 bits per heavy atom. The zero-order valence-electron chi connectivity index (χ0n) is 7.95. The molecule has 0 amide bonds. The van der Waals surface area contributed by atoms with Crippen LogP contribution in [0, 0.1) is 5.92 Å². The average molecular weight is 175 g/mol. The van der Waals surface area contributed by atoms with Crippen LogP contribution in [0.15, 0.2) is 0 Å². The van der Waals surface area contributed by atoms with Crippen molar-refractivity contribution in [2.45, 2.75) is 13.8 Å². The molecule has 2 N–H and O–H groups in total. The van der Waals surface area contributed by atoms with E-state index in [-0.39, 0.29) is 0 Å². The van der Waals surface area contributed by atoms with E-state index in [0.29, 0.717) is 32.2 Å². The summed E-state index contributed by atoms with van der Waals surface area (Å²) in [5.74, 6) is 0.579. The van der Waals surface area contributed by atoms with E-state index in [1.54, 1.807) is 0 Å². The molecule has 0 aliphatic rings. The Bertz CT molecular complexity index is 89.1. The SMILES string of the molecule is CC(C)COCC[N]OCCN.